The number of para-hydroxylation sites is 2. The Morgan fingerprint density at radius 1 is 0.543 bits per heavy atom. The molecule has 0 spiro atoms. The van der Waals surface area contributed by atoms with Gasteiger partial charge in [0.25, 0.3) is 11.1 Å². The molecular weight excluding hydrogens is 623 g/mol. The Kier molecular flexibility index (Phi) is 6.59. The lowest BCUT2D eigenvalue weighted by molar-refractivity contribution is 0.121. The van der Waals surface area contributed by atoms with Crippen LogP contribution in [0.4, 0.5) is 11.9 Å². The van der Waals surface area contributed by atoms with Crippen molar-refractivity contribution in [2.24, 2.45) is 0 Å². The molecule has 46 heavy (non-hydrogen) atoms. The highest BCUT2D eigenvalue weighted by Gasteiger charge is 2.26. The number of hydrogen-bond acceptors (Lipinski definition) is 11. The fourth-order valence-electron chi connectivity index (χ4n) is 6.26. The maximum Gasteiger partial charge on any atom is 0.277 e. The molecule has 0 saturated carbocycles. The van der Waals surface area contributed by atoms with Crippen molar-refractivity contribution in [1.82, 2.24) is 24.1 Å². The number of aromatic nitrogens is 5. The summed E-state index contributed by atoms with van der Waals surface area (Å²) in [5, 5.41) is 0. The van der Waals surface area contributed by atoms with Crippen molar-refractivity contribution in [3.8, 4) is 11.4 Å². The van der Waals surface area contributed by atoms with Crippen LogP contribution in [0.25, 0.3) is 52.2 Å². The summed E-state index contributed by atoms with van der Waals surface area (Å²) in [6, 6.07) is 21.3. The van der Waals surface area contributed by atoms with Crippen molar-refractivity contribution in [2.75, 3.05) is 62.4 Å². The van der Waals surface area contributed by atoms with Gasteiger partial charge in [-0.25, -0.2) is 24.1 Å². The number of ether oxygens (including phenoxy) is 2. The van der Waals surface area contributed by atoms with E-state index in [1.165, 1.54) is 22.7 Å². The van der Waals surface area contributed by atoms with Crippen molar-refractivity contribution in [1.29, 1.82) is 0 Å². The molecule has 0 N–H and O–H groups in total. The van der Waals surface area contributed by atoms with E-state index >= 15 is 0 Å². The van der Waals surface area contributed by atoms with Crippen LogP contribution in [0.5, 0.6) is 0 Å². The molecule has 0 radical (unpaired) electrons. The van der Waals surface area contributed by atoms with Crippen molar-refractivity contribution < 1.29 is 9.47 Å². The normalized spacial score (nSPS) is 15.9. The number of nitrogens with zero attached hydrogens (tertiary/aromatic N) is 7. The second-order valence-electron chi connectivity index (χ2n) is 11.2. The first-order chi connectivity index (χ1) is 22.7. The van der Waals surface area contributed by atoms with Gasteiger partial charge in [-0.1, -0.05) is 36.4 Å². The Bertz CT molecular complexity index is 2230. The zero-order valence-electron chi connectivity index (χ0n) is 24.6. The standard InChI is InChI=1S/C33H27N7O4S2/c41-30-28-26(35-32(37-11-15-43-16-12-37)39(30)20-7-3-1-4-8-20)24-22(45-28)19-23-25(34-24)27-29(46-23)31(42)40(21-9-5-2-6-10-21)33(36-27)38-13-17-44-18-14-38/h1-10,19H,11-18H2. The number of rotatable bonds is 4. The summed E-state index contributed by atoms with van der Waals surface area (Å²) >= 11 is 2.77. The smallest absolute Gasteiger partial charge is 0.277 e. The number of hydrogen-bond donors (Lipinski definition) is 0. The van der Waals surface area contributed by atoms with Crippen molar-refractivity contribution in [2.45, 2.75) is 0 Å². The van der Waals surface area contributed by atoms with Gasteiger partial charge in [-0.15, -0.1) is 22.7 Å². The van der Waals surface area contributed by atoms with Crippen LogP contribution in [0, 0.1) is 0 Å². The van der Waals surface area contributed by atoms with E-state index in [-0.39, 0.29) is 11.1 Å². The van der Waals surface area contributed by atoms with Crippen LogP contribution >= 0.6 is 22.7 Å². The Hall–Kier alpha value is -4.69. The fraction of sp³-hybridized carbons (Fsp3) is 0.242. The number of thiophene rings is 2. The minimum absolute atomic E-state index is 0.132. The molecule has 2 saturated heterocycles. The summed E-state index contributed by atoms with van der Waals surface area (Å²) in [5.41, 5.74) is 3.66. The minimum atomic E-state index is -0.132. The van der Waals surface area contributed by atoms with Crippen LogP contribution in [-0.4, -0.2) is 76.7 Å². The van der Waals surface area contributed by atoms with Crippen LogP contribution in [0.3, 0.4) is 0 Å². The molecule has 2 aliphatic rings. The molecule has 0 atom stereocenters. The first-order valence-electron chi connectivity index (χ1n) is 15.2. The van der Waals surface area contributed by atoms with Gasteiger partial charge in [0.05, 0.1) is 47.2 Å². The van der Waals surface area contributed by atoms with Gasteiger partial charge in [0, 0.05) is 26.2 Å². The lowest BCUT2D eigenvalue weighted by Gasteiger charge is -2.29. The Morgan fingerprint density at radius 2 is 0.957 bits per heavy atom. The Labute approximate surface area is 269 Å². The maximum absolute atomic E-state index is 14.2. The highest BCUT2D eigenvalue weighted by Crippen LogP contribution is 2.38. The van der Waals surface area contributed by atoms with E-state index in [9.17, 15) is 9.59 Å². The van der Waals surface area contributed by atoms with Crippen molar-refractivity contribution in [3.05, 3.63) is 87.4 Å². The van der Waals surface area contributed by atoms with E-state index in [2.05, 4.69) is 9.80 Å². The van der Waals surface area contributed by atoms with Gasteiger partial charge in [-0.05, 0) is 30.3 Å². The summed E-state index contributed by atoms with van der Waals surface area (Å²) < 4.78 is 17.4. The predicted octanol–water partition coefficient (Wildman–Crippen LogP) is 4.58. The molecule has 5 aromatic heterocycles. The van der Waals surface area contributed by atoms with Gasteiger partial charge >= 0.3 is 0 Å². The monoisotopic (exact) mass is 649 g/mol. The second kappa shape index (κ2) is 11.0. The third-order valence-corrected chi connectivity index (χ3v) is 10.7. The zero-order valence-corrected chi connectivity index (χ0v) is 26.2. The molecule has 13 heteroatoms. The number of fused-ring (bicyclic) bond motifs is 6. The Morgan fingerprint density at radius 3 is 1.37 bits per heavy atom. The first kappa shape index (κ1) is 27.6. The third kappa shape index (κ3) is 4.34. The molecule has 0 amide bonds. The van der Waals surface area contributed by atoms with Crippen molar-refractivity contribution in [3.63, 3.8) is 0 Å². The second-order valence-corrected chi connectivity index (χ2v) is 13.3. The lowest BCUT2D eigenvalue weighted by atomic mass is 10.2. The van der Waals surface area contributed by atoms with Gasteiger partial charge in [0.1, 0.15) is 31.5 Å². The molecule has 2 fully saturated rings. The number of benzene rings is 2. The Balaban J connectivity index is 1.31. The van der Waals surface area contributed by atoms with E-state index in [1.807, 2.05) is 66.7 Å². The highest BCUT2D eigenvalue weighted by atomic mass is 32.1. The molecular formula is C33H27N7O4S2. The molecule has 230 valence electrons. The molecule has 0 unspecified atom stereocenters. The molecule has 2 aromatic carbocycles. The topological polar surface area (TPSA) is 108 Å². The summed E-state index contributed by atoms with van der Waals surface area (Å²) in [4.78, 5) is 48.0. The van der Waals surface area contributed by atoms with Gasteiger partial charge < -0.3 is 19.3 Å². The molecule has 0 bridgehead atoms. The van der Waals surface area contributed by atoms with Crippen LogP contribution < -0.4 is 20.9 Å². The average Bonchev–Trinajstić information content (AvgIpc) is 3.66. The van der Waals surface area contributed by atoms with Crippen LogP contribution in [-0.2, 0) is 9.47 Å². The zero-order chi connectivity index (χ0) is 30.8. The van der Waals surface area contributed by atoms with Crippen molar-refractivity contribution >= 4 is 75.4 Å². The van der Waals surface area contributed by atoms with Crippen LogP contribution in [0.15, 0.2) is 76.3 Å². The number of morpholine rings is 2. The summed E-state index contributed by atoms with van der Waals surface area (Å²) in [6.07, 6.45) is 0. The van der Waals surface area contributed by atoms with Gasteiger partial charge in [-0.3, -0.25) is 9.59 Å². The van der Waals surface area contributed by atoms with E-state index in [0.717, 1.165) is 20.8 Å². The molecule has 7 heterocycles. The molecule has 7 aromatic rings. The highest BCUT2D eigenvalue weighted by molar-refractivity contribution is 7.27. The quantitative estimate of drug-likeness (QED) is 0.271. The predicted molar refractivity (Wildman–Crippen MR) is 183 cm³/mol. The number of anilines is 2. The van der Waals surface area contributed by atoms with Gasteiger partial charge in [-0.2, -0.15) is 0 Å². The summed E-state index contributed by atoms with van der Waals surface area (Å²) in [5.74, 6) is 1.14. The third-order valence-electron chi connectivity index (χ3n) is 8.49. The molecule has 9 rings (SSSR count). The molecule has 11 nitrogen and oxygen atoms in total. The number of pyridine rings is 1. The molecule has 0 aliphatic carbocycles. The SMILES string of the molecule is O=c1c2sc3cc4sc5c(=O)n(-c6ccccc6)c(N6CCOCC6)nc5c4nc3c2nc(N2CCOCC2)n1-c1ccccc1. The maximum atomic E-state index is 14.2. The summed E-state index contributed by atoms with van der Waals surface area (Å²) in [6.45, 7) is 4.75. The van der Waals surface area contributed by atoms with E-state index < -0.39 is 0 Å². The summed E-state index contributed by atoms with van der Waals surface area (Å²) in [7, 11) is 0. The van der Waals surface area contributed by atoms with Crippen LogP contribution in [0.2, 0.25) is 0 Å². The fourth-order valence-corrected chi connectivity index (χ4v) is 8.44. The lowest BCUT2D eigenvalue weighted by Crippen LogP contribution is -2.40. The first-order valence-corrected chi connectivity index (χ1v) is 16.8. The minimum Gasteiger partial charge on any atom is -0.378 e. The van der Waals surface area contributed by atoms with Gasteiger partial charge in [0.15, 0.2) is 0 Å². The molecule has 2 aliphatic heterocycles. The van der Waals surface area contributed by atoms with E-state index in [0.29, 0.717) is 96.0 Å². The average molecular weight is 650 g/mol. The van der Waals surface area contributed by atoms with E-state index in [4.69, 9.17) is 24.4 Å². The largest absolute Gasteiger partial charge is 0.378 e. The van der Waals surface area contributed by atoms with Crippen LogP contribution in [0.1, 0.15) is 0 Å². The van der Waals surface area contributed by atoms with Gasteiger partial charge in [0.2, 0.25) is 11.9 Å². The van der Waals surface area contributed by atoms with E-state index in [1.54, 1.807) is 9.13 Å².